The van der Waals surface area contributed by atoms with E-state index in [0.717, 1.165) is 48.9 Å². The predicted molar refractivity (Wildman–Crippen MR) is 146 cm³/mol. The number of nitrogens with zero attached hydrogens (tertiary/aromatic N) is 5. The Bertz CT molecular complexity index is 1460. The number of benzene rings is 2. The first-order valence-corrected chi connectivity index (χ1v) is 13.5. The molecule has 0 unspecified atom stereocenters. The van der Waals surface area contributed by atoms with Gasteiger partial charge < -0.3 is 14.5 Å². The third-order valence-electron chi connectivity index (χ3n) is 7.71. The van der Waals surface area contributed by atoms with Crippen LogP contribution in [0, 0.1) is 5.82 Å². The minimum Gasteiger partial charge on any atom is -0.493 e. The Balaban J connectivity index is 1.51. The Morgan fingerprint density at radius 2 is 1.79 bits per heavy atom. The summed E-state index contributed by atoms with van der Waals surface area (Å²) in [5, 5.41) is 13.6. The van der Waals surface area contributed by atoms with Crippen LogP contribution >= 0.6 is 0 Å². The van der Waals surface area contributed by atoms with Crippen molar-refractivity contribution in [1.29, 1.82) is 0 Å². The van der Waals surface area contributed by atoms with Crippen molar-refractivity contribution in [2.45, 2.75) is 70.6 Å². The number of tetrazole rings is 1. The second kappa shape index (κ2) is 11.9. The Kier molecular flexibility index (Phi) is 8.21. The third kappa shape index (κ3) is 5.80. The van der Waals surface area contributed by atoms with E-state index in [0.29, 0.717) is 41.7 Å². The van der Waals surface area contributed by atoms with Crippen LogP contribution in [-0.2, 0) is 13.1 Å². The zero-order valence-electron chi connectivity index (χ0n) is 22.7. The van der Waals surface area contributed by atoms with E-state index in [4.69, 9.17) is 9.47 Å². The number of rotatable bonds is 10. The molecule has 2 heterocycles. The smallest absolute Gasteiger partial charge is 0.252 e. The number of methoxy groups -OCH3 is 2. The lowest BCUT2D eigenvalue weighted by Crippen LogP contribution is -2.41. The van der Waals surface area contributed by atoms with E-state index in [1.165, 1.54) is 18.6 Å². The summed E-state index contributed by atoms with van der Waals surface area (Å²) in [6.45, 7) is 3.03. The minimum absolute atomic E-state index is 0.0935. The maximum atomic E-state index is 13.5. The van der Waals surface area contributed by atoms with Crippen molar-refractivity contribution in [2.24, 2.45) is 0 Å². The molecule has 10 heteroatoms. The first-order chi connectivity index (χ1) is 19.0. The number of hydrogen-bond acceptors (Lipinski definition) is 7. The Hall–Kier alpha value is -3.79. The number of pyridine rings is 1. The fraction of sp³-hybridized carbons (Fsp3) is 0.448. The highest BCUT2D eigenvalue weighted by atomic mass is 19.1. The number of halogens is 1. The van der Waals surface area contributed by atoms with Crippen LogP contribution in [0.25, 0.3) is 10.9 Å². The molecule has 0 amide bonds. The van der Waals surface area contributed by atoms with Crippen LogP contribution < -0.4 is 15.0 Å². The van der Waals surface area contributed by atoms with E-state index >= 15 is 0 Å². The fourth-order valence-corrected chi connectivity index (χ4v) is 5.69. The van der Waals surface area contributed by atoms with E-state index in [-0.39, 0.29) is 17.4 Å². The molecule has 2 aromatic carbocycles. The van der Waals surface area contributed by atoms with Gasteiger partial charge in [0.05, 0.1) is 32.3 Å². The van der Waals surface area contributed by atoms with Gasteiger partial charge in [0.25, 0.3) is 5.56 Å². The first kappa shape index (κ1) is 26.8. The van der Waals surface area contributed by atoms with Gasteiger partial charge in [0.15, 0.2) is 17.3 Å². The SMILES string of the molecule is CC[C@@H](c1nnnn1Cc1ccc(F)cc1)N(Cc1cc2cc(OC)c(OC)cc2[nH]c1=O)C1CCCCC1. The van der Waals surface area contributed by atoms with Crippen molar-refractivity contribution in [3.05, 3.63) is 75.6 Å². The third-order valence-corrected chi connectivity index (χ3v) is 7.71. The van der Waals surface area contributed by atoms with Crippen LogP contribution in [0.5, 0.6) is 11.5 Å². The topological polar surface area (TPSA) is 98.2 Å². The zero-order chi connectivity index (χ0) is 27.4. The summed E-state index contributed by atoms with van der Waals surface area (Å²) in [6, 6.07) is 12.2. The van der Waals surface area contributed by atoms with Crippen LogP contribution in [0.1, 0.15) is 68.4 Å². The second-order valence-electron chi connectivity index (χ2n) is 10.1. The largest absolute Gasteiger partial charge is 0.493 e. The Morgan fingerprint density at radius 1 is 1.08 bits per heavy atom. The summed E-state index contributed by atoms with van der Waals surface area (Å²) in [6.07, 6.45) is 6.43. The standard InChI is InChI=1S/C29H35FN6O3/c1-4-25(28-32-33-34-36(28)17-19-10-12-22(30)13-11-19)35(23-8-6-5-7-9-23)18-21-14-20-15-26(38-2)27(39-3)16-24(20)31-29(21)37/h10-16,23,25H,4-9,17-18H2,1-3H3,(H,31,37)/t25-/m0/s1. The summed E-state index contributed by atoms with van der Waals surface area (Å²) >= 11 is 0. The Labute approximate surface area is 226 Å². The molecular formula is C29H35FN6O3. The molecule has 1 fully saturated rings. The van der Waals surface area contributed by atoms with Crippen molar-refractivity contribution < 1.29 is 13.9 Å². The first-order valence-electron chi connectivity index (χ1n) is 13.5. The van der Waals surface area contributed by atoms with Gasteiger partial charge in [-0.15, -0.1) is 5.10 Å². The van der Waals surface area contributed by atoms with Crippen molar-refractivity contribution in [3.8, 4) is 11.5 Å². The molecule has 5 rings (SSSR count). The number of ether oxygens (including phenoxy) is 2. The molecule has 0 radical (unpaired) electrons. The van der Waals surface area contributed by atoms with Gasteiger partial charge in [0.2, 0.25) is 0 Å². The Morgan fingerprint density at radius 3 is 2.49 bits per heavy atom. The van der Waals surface area contributed by atoms with E-state index < -0.39 is 0 Å². The molecule has 0 saturated heterocycles. The summed E-state index contributed by atoms with van der Waals surface area (Å²) in [5.41, 5.74) is 2.16. The zero-order valence-corrected chi connectivity index (χ0v) is 22.7. The van der Waals surface area contributed by atoms with E-state index in [9.17, 15) is 9.18 Å². The van der Waals surface area contributed by atoms with Gasteiger partial charge >= 0.3 is 0 Å². The fourth-order valence-electron chi connectivity index (χ4n) is 5.69. The maximum absolute atomic E-state index is 13.5. The molecule has 39 heavy (non-hydrogen) atoms. The minimum atomic E-state index is -0.276. The molecule has 0 aliphatic heterocycles. The van der Waals surface area contributed by atoms with Gasteiger partial charge in [0.1, 0.15) is 5.82 Å². The van der Waals surface area contributed by atoms with Gasteiger partial charge in [-0.25, -0.2) is 9.07 Å². The molecule has 1 aliphatic rings. The lowest BCUT2D eigenvalue weighted by Gasteiger charge is -2.39. The molecule has 1 saturated carbocycles. The number of hydrogen-bond donors (Lipinski definition) is 1. The number of H-pyrrole nitrogens is 1. The van der Waals surface area contributed by atoms with Crippen molar-refractivity contribution >= 4 is 10.9 Å². The molecule has 2 aromatic heterocycles. The quantitative estimate of drug-likeness (QED) is 0.306. The summed E-state index contributed by atoms with van der Waals surface area (Å²) in [7, 11) is 3.18. The van der Waals surface area contributed by atoms with E-state index in [1.807, 2.05) is 12.1 Å². The number of aromatic nitrogens is 5. The molecular weight excluding hydrogens is 499 g/mol. The molecule has 1 N–H and O–H groups in total. The molecule has 9 nitrogen and oxygen atoms in total. The number of fused-ring (bicyclic) bond motifs is 1. The van der Waals surface area contributed by atoms with E-state index in [1.54, 1.807) is 37.1 Å². The molecule has 206 valence electrons. The van der Waals surface area contributed by atoms with Crippen molar-refractivity contribution in [2.75, 3.05) is 14.2 Å². The monoisotopic (exact) mass is 534 g/mol. The summed E-state index contributed by atoms with van der Waals surface area (Å²) < 4.78 is 26.2. The number of aromatic amines is 1. The predicted octanol–water partition coefficient (Wildman–Crippen LogP) is 5.01. The van der Waals surface area contributed by atoms with Crippen LogP contribution in [-0.4, -0.2) is 50.4 Å². The highest BCUT2D eigenvalue weighted by molar-refractivity contribution is 5.83. The van der Waals surface area contributed by atoms with Gasteiger partial charge in [-0.1, -0.05) is 38.3 Å². The van der Waals surface area contributed by atoms with Crippen LogP contribution in [0.3, 0.4) is 0 Å². The van der Waals surface area contributed by atoms with Crippen molar-refractivity contribution in [3.63, 3.8) is 0 Å². The maximum Gasteiger partial charge on any atom is 0.252 e. The summed E-state index contributed by atoms with van der Waals surface area (Å²) in [4.78, 5) is 18.8. The summed E-state index contributed by atoms with van der Waals surface area (Å²) in [5.74, 6) is 1.65. The van der Waals surface area contributed by atoms with Crippen LogP contribution in [0.15, 0.2) is 47.3 Å². The number of nitrogens with one attached hydrogen (secondary N) is 1. The van der Waals surface area contributed by atoms with Gasteiger partial charge in [-0.05, 0) is 59.5 Å². The highest BCUT2D eigenvalue weighted by Crippen LogP contribution is 2.34. The lowest BCUT2D eigenvalue weighted by atomic mass is 9.92. The average Bonchev–Trinajstić information content (AvgIpc) is 3.41. The van der Waals surface area contributed by atoms with Gasteiger partial charge in [0, 0.05) is 29.6 Å². The van der Waals surface area contributed by atoms with Crippen LogP contribution in [0.4, 0.5) is 4.39 Å². The highest BCUT2D eigenvalue weighted by Gasteiger charge is 2.32. The van der Waals surface area contributed by atoms with Gasteiger partial charge in [-0.2, -0.15) is 0 Å². The normalized spacial score (nSPS) is 15.1. The molecule has 0 bridgehead atoms. The van der Waals surface area contributed by atoms with Crippen LogP contribution in [0.2, 0.25) is 0 Å². The second-order valence-corrected chi connectivity index (χ2v) is 10.1. The molecule has 1 aliphatic carbocycles. The van der Waals surface area contributed by atoms with Gasteiger partial charge in [-0.3, -0.25) is 9.69 Å². The molecule has 0 spiro atoms. The van der Waals surface area contributed by atoms with E-state index in [2.05, 4.69) is 32.3 Å². The molecule has 1 atom stereocenters. The lowest BCUT2D eigenvalue weighted by molar-refractivity contribution is 0.0844. The average molecular weight is 535 g/mol. The molecule has 4 aromatic rings. The van der Waals surface area contributed by atoms with Crippen molar-refractivity contribution in [1.82, 2.24) is 30.1 Å².